The molecular weight excluding hydrogens is 272 g/mol. The monoisotopic (exact) mass is 296 g/mol. The van der Waals surface area contributed by atoms with E-state index in [9.17, 15) is 8.42 Å². The summed E-state index contributed by atoms with van der Waals surface area (Å²) in [5, 5.41) is 3.05. The first kappa shape index (κ1) is 15.3. The summed E-state index contributed by atoms with van der Waals surface area (Å²) in [6, 6.07) is 3.74. The molecule has 1 aliphatic rings. The first-order valence-electron chi connectivity index (χ1n) is 7.06. The second-order valence-corrected chi connectivity index (χ2v) is 7.88. The van der Waals surface area contributed by atoms with Crippen LogP contribution in [0.3, 0.4) is 0 Å². The Kier molecular flexibility index (Phi) is 4.12. The molecule has 20 heavy (non-hydrogen) atoms. The largest absolute Gasteiger partial charge is 0.388 e. The Bertz CT molecular complexity index is 581. The standard InChI is InChI=1S/C15H24N2O2S/c1-11-8-13(16-4)9-12(2)14(11)20(18,19)17-10-15(3)6-5-7-15/h8-9,16-17H,5-7,10H2,1-4H3. The maximum Gasteiger partial charge on any atom is 0.241 e. The van der Waals surface area contributed by atoms with Crippen molar-refractivity contribution in [1.29, 1.82) is 0 Å². The molecule has 1 aromatic carbocycles. The van der Waals surface area contributed by atoms with Crippen molar-refractivity contribution in [3.05, 3.63) is 23.3 Å². The van der Waals surface area contributed by atoms with E-state index in [4.69, 9.17) is 0 Å². The van der Waals surface area contributed by atoms with Crippen LogP contribution < -0.4 is 10.0 Å². The maximum absolute atomic E-state index is 12.5. The van der Waals surface area contributed by atoms with Gasteiger partial charge < -0.3 is 5.32 Å². The van der Waals surface area contributed by atoms with Gasteiger partial charge in [0, 0.05) is 19.3 Å². The fourth-order valence-corrected chi connectivity index (χ4v) is 4.47. The molecule has 0 heterocycles. The summed E-state index contributed by atoms with van der Waals surface area (Å²) in [5.74, 6) is 0. The van der Waals surface area contributed by atoms with Crippen molar-refractivity contribution in [3.63, 3.8) is 0 Å². The third kappa shape index (κ3) is 2.99. The number of anilines is 1. The van der Waals surface area contributed by atoms with Gasteiger partial charge in [-0.15, -0.1) is 0 Å². The SMILES string of the molecule is CNc1cc(C)c(S(=O)(=O)NCC2(C)CCC2)c(C)c1. The molecule has 2 rings (SSSR count). The third-order valence-corrected chi connectivity index (χ3v) is 5.97. The molecular formula is C15H24N2O2S. The number of rotatable bonds is 5. The highest BCUT2D eigenvalue weighted by Gasteiger charge is 2.33. The van der Waals surface area contributed by atoms with E-state index in [2.05, 4.69) is 17.0 Å². The first-order valence-corrected chi connectivity index (χ1v) is 8.54. The van der Waals surface area contributed by atoms with Gasteiger partial charge in [-0.3, -0.25) is 0 Å². The van der Waals surface area contributed by atoms with E-state index in [1.54, 1.807) is 0 Å². The molecule has 0 radical (unpaired) electrons. The molecule has 0 spiro atoms. The lowest BCUT2D eigenvalue weighted by Crippen LogP contribution is -2.40. The van der Waals surface area contributed by atoms with Gasteiger partial charge in [0.05, 0.1) is 4.90 Å². The highest BCUT2D eigenvalue weighted by molar-refractivity contribution is 7.89. The van der Waals surface area contributed by atoms with Gasteiger partial charge in [-0.2, -0.15) is 0 Å². The lowest BCUT2D eigenvalue weighted by molar-refractivity contribution is 0.166. The van der Waals surface area contributed by atoms with Crippen molar-refractivity contribution in [2.45, 2.75) is 44.9 Å². The van der Waals surface area contributed by atoms with Gasteiger partial charge in [-0.1, -0.05) is 13.3 Å². The molecule has 2 N–H and O–H groups in total. The Hall–Kier alpha value is -1.07. The fraction of sp³-hybridized carbons (Fsp3) is 0.600. The number of sulfonamides is 1. The van der Waals surface area contributed by atoms with Gasteiger partial charge in [-0.25, -0.2) is 13.1 Å². The van der Waals surface area contributed by atoms with Gasteiger partial charge in [0.15, 0.2) is 0 Å². The van der Waals surface area contributed by atoms with Crippen molar-refractivity contribution in [1.82, 2.24) is 4.72 Å². The van der Waals surface area contributed by atoms with Gasteiger partial charge >= 0.3 is 0 Å². The minimum atomic E-state index is -3.43. The first-order chi connectivity index (χ1) is 9.27. The predicted octanol–water partition coefficient (Wildman–Crippen LogP) is 2.81. The van der Waals surface area contributed by atoms with E-state index in [0.29, 0.717) is 11.4 Å². The highest BCUT2D eigenvalue weighted by Crippen LogP contribution is 2.39. The summed E-state index contributed by atoms with van der Waals surface area (Å²) in [7, 11) is -1.60. The smallest absolute Gasteiger partial charge is 0.241 e. The van der Waals surface area contributed by atoms with E-state index < -0.39 is 10.0 Å². The molecule has 1 aliphatic carbocycles. The van der Waals surface area contributed by atoms with E-state index in [1.807, 2.05) is 33.0 Å². The molecule has 5 heteroatoms. The molecule has 0 saturated heterocycles. The third-order valence-electron chi connectivity index (χ3n) is 4.27. The summed E-state index contributed by atoms with van der Waals surface area (Å²) in [6.45, 7) is 6.35. The average Bonchev–Trinajstić information content (AvgIpc) is 2.32. The molecule has 1 fully saturated rings. The van der Waals surface area contributed by atoms with Crippen LogP contribution in [0.5, 0.6) is 0 Å². The van der Waals surface area contributed by atoms with Crippen molar-refractivity contribution in [3.8, 4) is 0 Å². The minimum Gasteiger partial charge on any atom is -0.388 e. The topological polar surface area (TPSA) is 58.2 Å². The van der Waals surface area contributed by atoms with Gasteiger partial charge in [0.25, 0.3) is 0 Å². The summed E-state index contributed by atoms with van der Waals surface area (Å²) in [5.41, 5.74) is 2.63. The highest BCUT2D eigenvalue weighted by atomic mass is 32.2. The Morgan fingerprint density at radius 3 is 2.15 bits per heavy atom. The number of benzene rings is 1. The van der Waals surface area contributed by atoms with Crippen molar-refractivity contribution in [2.24, 2.45) is 5.41 Å². The molecule has 0 amide bonds. The van der Waals surface area contributed by atoms with Crippen LogP contribution in [0.4, 0.5) is 5.69 Å². The van der Waals surface area contributed by atoms with Crippen LogP contribution in [-0.4, -0.2) is 22.0 Å². The molecule has 0 atom stereocenters. The second kappa shape index (κ2) is 5.37. The number of nitrogens with one attached hydrogen (secondary N) is 2. The van der Waals surface area contributed by atoms with Crippen LogP contribution in [0.1, 0.15) is 37.3 Å². The summed E-state index contributed by atoms with van der Waals surface area (Å²) >= 11 is 0. The average molecular weight is 296 g/mol. The molecule has 112 valence electrons. The van der Waals surface area contributed by atoms with E-state index in [-0.39, 0.29) is 5.41 Å². The lowest BCUT2D eigenvalue weighted by atomic mass is 9.71. The Balaban J connectivity index is 2.25. The van der Waals surface area contributed by atoms with E-state index in [0.717, 1.165) is 29.7 Å². The Morgan fingerprint density at radius 2 is 1.75 bits per heavy atom. The summed E-state index contributed by atoms with van der Waals surface area (Å²) in [6.07, 6.45) is 3.41. The number of aryl methyl sites for hydroxylation is 2. The molecule has 0 aliphatic heterocycles. The van der Waals surface area contributed by atoms with Crippen LogP contribution in [-0.2, 0) is 10.0 Å². The zero-order valence-electron chi connectivity index (χ0n) is 12.7. The van der Waals surface area contributed by atoms with Gasteiger partial charge in [0.1, 0.15) is 0 Å². The quantitative estimate of drug-likeness (QED) is 0.878. The molecule has 1 aromatic rings. The maximum atomic E-state index is 12.5. The fourth-order valence-electron chi connectivity index (χ4n) is 2.82. The molecule has 0 bridgehead atoms. The number of hydrogen-bond donors (Lipinski definition) is 2. The normalized spacial score (nSPS) is 17.6. The van der Waals surface area contributed by atoms with Crippen LogP contribution in [0.15, 0.2) is 17.0 Å². The molecule has 1 saturated carbocycles. The molecule has 4 nitrogen and oxygen atoms in total. The van der Waals surface area contributed by atoms with Crippen LogP contribution in [0.25, 0.3) is 0 Å². The van der Waals surface area contributed by atoms with E-state index >= 15 is 0 Å². The summed E-state index contributed by atoms with van der Waals surface area (Å²) < 4.78 is 27.8. The zero-order chi connectivity index (χ0) is 15.0. The zero-order valence-corrected chi connectivity index (χ0v) is 13.5. The van der Waals surface area contributed by atoms with Crippen LogP contribution in [0, 0.1) is 19.3 Å². The second-order valence-electron chi connectivity index (χ2n) is 6.18. The predicted molar refractivity (Wildman–Crippen MR) is 82.6 cm³/mol. The Morgan fingerprint density at radius 1 is 1.20 bits per heavy atom. The van der Waals surface area contributed by atoms with Crippen molar-refractivity contribution in [2.75, 3.05) is 18.9 Å². The van der Waals surface area contributed by atoms with Crippen LogP contribution >= 0.6 is 0 Å². The lowest BCUT2D eigenvalue weighted by Gasteiger charge is -2.38. The van der Waals surface area contributed by atoms with Crippen LogP contribution in [0.2, 0.25) is 0 Å². The molecule has 0 aromatic heterocycles. The van der Waals surface area contributed by atoms with E-state index in [1.165, 1.54) is 6.42 Å². The number of hydrogen-bond acceptors (Lipinski definition) is 3. The van der Waals surface area contributed by atoms with Gasteiger partial charge in [0.2, 0.25) is 10.0 Å². The summed E-state index contributed by atoms with van der Waals surface area (Å²) in [4.78, 5) is 0.416. The van der Waals surface area contributed by atoms with Crippen molar-refractivity contribution >= 4 is 15.7 Å². The van der Waals surface area contributed by atoms with Crippen molar-refractivity contribution < 1.29 is 8.42 Å². The minimum absolute atomic E-state index is 0.139. The molecule has 0 unspecified atom stereocenters. The van der Waals surface area contributed by atoms with Gasteiger partial charge in [-0.05, 0) is 55.4 Å². The Labute approximate surface area is 122 Å².